The Bertz CT molecular complexity index is 592. The van der Waals surface area contributed by atoms with Crippen LogP contribution >= 0.6 is 11.3 Å². The molecule has 2 rings (SSSR count). The molecule has 1 aromatic carbocycles. The van der Waals surface area contributed by atoms with Gasteiger partial charge in [-0.3, -0.25) is 4.79 Å². The third kappa shape index (κ3) is 4.63. The van der Waals surface area contributed by atoms with Crippen molar-refractivity contribution in [3.63, 3.8) is 0 Å². The first-order chi connectivity index (χ1) is 10.1. The molecule has 5 nitrogen and oxygen atoms in total. The summed E-state index contributed by atoms with van der Waals surface area (Å²) in [7, 11) is 4.05. The number of nitrogens with zero attached hydrogens (tertiary/aromatic N) is 2. The van der Waals surface area contributed by atoms with Crippen molar-refractivity contribution in [2.75, 3.05) is 26.0 Å². The van der Waals surface area contributed by atoms with Crippen LogP contribution in [0.25, 0.3) is 0 Å². The fourth-order valence-corrected chi connectivity index (χ4v) is 2.70. The standard InChI is InChI=1S/C15H20N4OS/c1-19(2)9-11-3-5-12(6-4-11)17-15(20)13-10-21-14(18-13)7-8-16/h3-6,10H,7-9,16H2,1-2H3,(H,17,20). The molecule has 112 valence electrons. The number of hydrogen-bond acceptors (Lipinski definition) is 5. The Morgan fingerprint density at radius 3 is 2.67 bits per heavy atom. The smallest absolute Gasteiger partial charge is 0.275 e. The summed E-state index contributed by atoms with van der Waals surface area (Å²) in [5, 5.41) is 5.51. The quantitative estimate of drug-likeness (QED) is 0.856. The minimum atomic E-state index is -0.185. The molecule has 21 heavy (non-hydrogen) atoms. The van der Waals surface area contributed by atoms with Gasteiger partial charge in [-0.15, -0.1) is 11.3 Å². The number of aromatic nitrogens is 1. The number of nitrogens with two attached hydrogens (primary N) is 1. The van der Waals surface area contributed by atoms with E-state index < -0.39 is 0 Å². The van der Waals surface area contributed by atoms with Gasteiger partial charge in [0.05, 0.1) is 5.01 Å². The topological polar surface area (TPSA) is 71.2 Å². The van der Waals surface area contributed by atoms with E-state index in [4.69, 9.17) is 5.73 Å². The number of rotatable bonds is 6. The highest BCUT2D eigenvalue weighted by Crippen LogP contribution is 2.14. The molecule has 2 aromatic rings. The summed E-state index contributed by atoms with van der Waals surface area (Å²) in [6.07, 6.45) is 0.706. The fraction of sp³-hybridized carbons (Fsp3) is 0.333. The van der Waals surface area contributed by atoms with Gasteiger partial charge in [-0.2, -0.15) is 0 Å². The van der Waals surface area contributed by atoms with Crippen molar-refractivity contribution >= 4 is 22.9 Å². The van der Waals surface area contributed by atoms with Crippen LogP contribution in [-0.2, 0) is 13.0 Å². The van der Waals surface area contributed by atoms with Crippen LogP contribution in [0.2, 0.25) is 0 Å². The predicted molar refractivity (Wildman–Crippen MR) is 86.7 cm³/mol. The van der Waals surface area contributed by atoms with Gasteiger partial charge in [-0.1, -0.05) is 12.1 Å². The zero-order chi connectivity index (χ0) is 15.2. The summed E-state index contributed by atoms with van der Waals surface area (Å²) in [6, 6.07) is 7.83. The molecule has 0 saturated carbocycles. The summed E-state index contributed by atoms with van der Waals surface area (Å²) in [6.45, 7) is 1.42. The number of thiazole rings is 1. The highest BCUT2D eigenvalue weighted by atomic mass is 32.1. The van der Waals surface area contributed by atoms with Gasteiger partial charge in [0.15, 0.2) is 0 Å². The van der Waals surface area contributed by atoms with Gasteiger partial charge in [0.2, 0.25) is 0 Å². The number of amides is 1. The van der Waals surface area contributed by atoms with Crippen LogP contribution in [0.1, 0.15) is 21.1 Å². The first kappa shape index (κ1) is 15.6. The lowest BCUT2D eigenvalue weighted by molar-refractivity contribution is 0.102. The highest BCUT2D eigenvalue weighted by Gasteiger charge is 2.10. The molecule has 0 aliphatic heterocycles. The van der Waals surface area contributed by atoms with E-state index >= 15 is 0 Å². The van der Waals surface area contributed by atoms with E-state index in [9.17, 15) is 4.79 Å². The second-order valence-corrected chi connectivity index (χ2v) is 6.00. The molecule has 3 N–H and O–H groups in total. The largest absolute Gasteiger partial charge is 0.330 e. The maximum atomic E-state index is 12.1. The molecule has 6 heteroatoms. The van der Waals surface area contributed by atoms with E-state index in [0.29, 0.717) is 18.7 Å². The number of anilines is 1. The van der Waals surface area contributed by atoms with Crippen LogP contribution in [0, 0.1) is 0 Å². The lowest BCUT2D eigenvalue weighted by atomic mass is 10.2. The van der Waals surface area contributed by atoms with Crippen LogP contribution in [0.3, 0.4) is 0 Å². The van der Waals surface area contributed by atoms with Gasteiger partial charge in [0.25, 0.3) is 5.91 Å². The van der Waals surface area contributed by atoms with Gasteiger partial charge in [0.1, 0.15) is 5.69 Å². The molecule has 0 saturated heterocycles. The first-order valence-corrected chi connectivity index (χ1v) is 7.66. The summed E-state index contributed by atoms with van der Waals surface area (Å²) >= 11 is 1.46. The molecule has 1 amide bonds. The second kappa shape index (κ2) is 7.31. The van der Waals surface area contributed by atoms with E-state index in [-0.39, 0.29) is 5.91 Å². The number of carbonyl (C=O) groups excluding carboxylic acids is 1. The Labute approximate surface area is 128 Å². The molecule has 0 radical (unpaired) electrons. The first-order valence-electron chi connectivity index (χ1n) is 6.78. The third-order valence-electron chi connectivity index (χ3n) is 2.85. The summed E-state index contributed by atoms with van der Waals surface area (Å²) in [4.78, 5) is 18.5. The number of benzene rings is 1. The molecule has 1 heterocycles. The summed E-state index contributed by atoms with van der Waals surface area (Å²) in [5.41, 5.74) is 7.91. The van der Waals surface area contributed by atoms with Crippen molar-refractivity contribution < 1.29 is 4.79 Å². The normalized spacial score (nSPS) is 10.9. The SMILES string of the molecule is CN(C)Cc1ccc(NC(=O)c2csc(CCN)n2)cc1. The van der Waals surface area contributed by atoms with Crippen molar-refractivity contribution in [3.8, 4) is 0 Å². The molecule has 0 unspecified atom stereocenters. The van der Waals surface area contributed by atoms with E-state index in [1.54, 1.807) is 5.38 Å². The van der Waals surface area contributed by atoms with Crippen LogP contribution in [0.15, 0.2) is 29.6 Å². The van der Waals surface area contributed by atoms with Gasteiger partial charge < -0.3 is 16.0 Å². The minimum Gasteiger partial charge on any atom is -0.330 e. The van der Waals surface area contributed by atoms with Gasteiger partial charge in [-0.05, 0) is 38.3 Å². The Kier molecular flexibility index (Phi) is 5.44. The molecule has 0 aliphatic rings. The average Bonchev–Trinajstić information content (AvgIpc) is 2.89. The molecule has 0 aliphatic carbocycles. The second-order valence-electron chi connectivity index (χ2n) is 5.05. The van der Waals surface area contributed by atoms with Crippen molar-refractivity contribution in [2.24, 2.45) is 5.73 Å². The Hall–Kier alpha value is -1.76. The Balaban J connectivity index is 1.98. The third-order valence-corrected chi connectivity index (χ3v) is 3.76. The molecule has 0 fully saturated rings. The van der Waals surface area contributed by atoms with E-state index in [1.165, 1.54) is 16.9 Å². The monoisotopic (exact) mass is 304 g/mol. The van der Waals surface area contributed by atoms with Crippen molar-refractivity contribution in [1.29, 1.82) is 0 Å². The van der Waals surface area contributed by atoms with Crippen LogP contribution < -0.4 is 11.1 Å². The van der Waals surface area contributed by atoms with Gasteiger partial charge >= 0.3 is 0 Å². The van der Waals surface area contributed by atoms with E-state index in [1.807, 2.05) is 38.4 Å². The highest BCUT2D eigenvalue weighted by molar-refractivity contribution is 7.09. The molecular weight excluding hydrogens is 284 g/mol. The van der Waals surface area contributed by atoms with Crippen LogP contribution in [0.5, 0.6) is 0 Å². The molecule has 0 atom stereocenters. The Morgan fingerprint density at radius 1 is 1.33 bits per heavy atom. The predicted octanol–water partition coefficient (Wildman–Crippen LogP) is 1.96. The molecule has 0 spiro atoms. The molecule has 0 bridgehead atoms. The van der Waals surface area contributed by atoms with Crippen molar-refractivity contribution in [3.05, 3.63) is 45.9 Å². The molecular formula is C15H20N4OS. The van der Waals surface area contributed by atoms with Crippen LogP contribution in [0.4, 0.5) is 5.69 Å². The maximum Gasteiger partial charge on any atom is 0.275 e. The number of carbonyl (C=O) groups is 1. The lowest BCUT2D eigenvalue weighted by Crippen LogP contribution is -2.13. The average molecular weight is 304 g/mol. The summed E-state index contributed by atoms with van der Waals surface area (Å²) in [5.74, 6) is -0.185. The van der Waals surface area contributed by atoms with Crippen molar-refractivity contribution in [1.82, 2.24) is 9.88 Å². The summed E-state index contributed by atoms with van der Waals surface area (Å²) < 4.78 is 0. The zero-order valence-electron chi connectivity index (χ0n) is 12.3. The van der Waals surface area contributed by atoms with Crippen molar-refractivity contribution in [2.45, 2.75) is 13.0 Å². The van der Waals surface area contributed by atoms with E-state index in [0.717, 1.165) is 17.2 Å². The maximum absolute atomic E-state index is 12.1. The van der Waals surface area contributed by atoms with E-state index in [2.05, 4.69) is 15.2 Å². The fourth-order valence-electron chi connectivity index (χ4n) is 1.91. The Morgan fingerprint density at radius 2 is 2.05 bits per heavy atom. The number of hydrogen-bond donors (Lipinski definition) is 2. The van der Waals surface area contributed by atoms with Gasteiger partial charge in [-0.25, -0.2) is 4.98 Å². The number of nitrogens with one attached hydrogen (secondary N) is 1. The van der Waals surface area contributed by atoms with Crippen LogP contribution in [-0.4, -0.2) is 36.4 Å². The lowest BCUT2D eigenvalue weighted by Gasteiger charge is -2.10. The zero-order valence-corrected chi connectivity index (χ0v) is 13.1. The molecule has 1 aromatic heterocycles. The minimum absolute atomic E-state index is 0.185. The van der Waals surface area contributed by atoms with Gasteiger partial charge in [0, 0.05) is 24.0 Å².